The van der Waals surface area contributed by atoms with Crippen LogP contribution >= 0.6 is 0 Å². The maximum Gasteiger partial charge on any atom is 0.251 e. The van der Waals surface area contributed by atoms with Gasteiger partial charge in [-0.25, -0.2) is 0 Å². The molecular weight excluding hydrogens is 360 g/mol. The van der Waals surface area contributed by atoms with Crippen LogP contribution in [0.4, 0.5) is 0 Å². The normalized spacial score (nSPS) is 9.86. The molecule has 2 aromatic carbocycles. The molecule has 2 rings (SSSR count). The molecule has 0 aliphatic rings. The minimum absolute atomic E-state index is 0.158. The van der Waals surface area contributed by atoms with Crippen molar-refractivity contribution in [3.05, 3.63) is 71.8 Å². The van der Waals surface area contributed by atoms with Gasteiger partial charge in [-0.15, -0.1) is 0 Å². The average molecular weight is 382 g/mol. The molecule has 0 atom stereocenters. The second-order valence-corrected chi connectivity index (χ2v) is 5.80. The number of hydrogen-bond donors (Lipinski definition) is 4. The fourth-order valence-electron chi connectivity index (χ4n) is 2.23. The molecule has 0 aromatic heterocycles. The second kappa shape index (κ2) is 11.1. The molecule has 4 N–H and O–H groups in total. The third-order valence-electron chi connectivity index (χ3n) is 3.66. The van der Waals surface area contributed by atoms with Crippen molar-refractivity contribution in [2.75, 3.05) is 26.2 Å². The fraction of sp³-hybridized carbons (Fsp3) is 0.200. The molecule has 4 amide bonds. The Bertz CT molecular complexity index is 740. The average Bonchev–Trinajstić information content (AvgIpc) is 2.74. The van der Waals surface area contributed by atoms with Gasteiger partial charge in [-0.3, -0.25) is 19.2 Å². The van der Waals surface area contributed by atoms with Crippen molar-refractivity contribution >= 4 is 23.6 Å². The van der Waals surface area contributed by atoms with E-state index in [-0.39, 0.29) is 49.8 Å². The van der Waals surface area contributed by atoms with Gasteiger partial charge < -0.3 is 21.3 Å². The van der Waals surface area contributed by atoms with Crippen LogP contribution in [-0.2, 0) is 9.59 Å². The highest BCUT2D eigenvalue weighted by atomic mass is 16.2. The largest absolute Gasteiger partial charge is 0.353 e. The Labute approximate surface area is 162 Å². The molecule has 0 heterocycles. The molecule has 28 heavy (non-hydrogen) atoms. The lowest BCUT2D eigenvalue weighted by atomic mass is 10.2. The SMILES string of the molecule is O=C(CNC(=O)c1ccccc1)NCCNC(=O)CNC(=O)c1ccccc1. The molecule has 0 saturated heterocycles. The number of rotatable bonds is 9. The summed E-state index contributed by atoms with van der Waals surface area (Å²) in [6.07, 6.45) is 0. The Morgan fingerprint density at radius 1 is 0.536 bits per heavy atom. The van der Waals surface area contributed by atoms with Crippen molar-refractivity contribution in [3.63, 3.8) is 0 Å². The van der Waals surface area contributed by atoms with Crippen molar-refractivity contribution in [2.24, 2.45) is 0 Å². The molecule has 2 aromatic rings. The molecule has 146 valence electrons. The molecule has 0 unspecified atom stereocenters. The number of carbonyl (C=O) groups excluding carboxylic acids is 4. The fourth-order valence-corrected chi connectivity index (χ4v) is 2.23. The van der Waals surface area contributed by atoms with Crippen LogP contribution in [0.15, 0.2) is 60.7 Å². The minimum Gasteiger partial charge on any atom is -0.353 e. The number of hydrogen-bond acceptors (Lipinski definition) is 4. The van der Waals surface area contributed by atoms with E-state index in [0.29, 0.717) is 11.1 Å². The highest BCUT2D eigenvalue weighted by Gasteiger charge is 2.08. The molecule has 0 bridgehead atoms. The van der Waals surface area contributed by atoms with Crippen LogP contribution in [0.1, 0.15) is 20.7 Å². The van der Waals surface area contributed by atoms with Crippen LogP contribution in [0.3, 0.4) is 0 Å². The van der Waals surface area contributed by atoms with E-state index in [2.05, 4.69) is 21.3 Å². The molecule has 8 heteroatoms. The van der Waals surface area contributed by atoms with Crippen molar-refractivity contribution in [1.29, 1.82) is 0 Å². The van der Waals surface area contributed by atoms with Crippen LogP contribution in [0.2, 0.25) is 0 Å². The first-order valence-electron chi connectivity index (χ1n) is 8.76. The Balaban J connectivity index is 1.55. The van der Waals surface area contributed by atoms with Crippen molar-refractivity contribution < 1.29 is 19.2 Å². The molecule has 8 nitrogen and oxygen atoms in total. The Kier molecular flexibility index (Phi) is 8.19. The lowest BCUT2D eigenvalue weighted by Crippen LogP contribution is -2.42. The number of benzene rings is 2. The van der Waals surface area contributed by atoms with Gasteiger partial charge in [0.25, 0.3) is 11.8 Å². The molecule has 0 fully saturated rings. The van der Waals surface area contributed by atoms with Crippen molar-refractivity contribution in [1.82, 2.24) is 21.3 Å². The summed E-state index contributed by atoms with van der Waals surface area (Å²) >= 11 is 0. The molecule has 0 aliphatic heterocycles. The standard InChI is InChI=1S/C20H22N4O4/c25-17(13-23-19(27)15-7-3-1-4-8-15)21-11-12-22-18(26)14-24-20(28)16-9-5-2-6-10-16/h1-10H,11-14H2,(H,21,25)(H,22,26)(H,23,27)(H,24,28). The van der Waals surface area contributed by atoms with Crippen LogP contribution in [-0.4, -0.2) is 49.8 Å². The lowest BCUT2D eigenvalue weighted by Gasteiger charge is -2.09. The molecule has 0 saturated carbocycles. The first-order chi connectivity index (χ1) is 13.6. The Morgan fingerprint density at radius 3 is 1.25 bits per heavy atom. The smallest absolute Gasteiger partial charge is 0.251 e. The number of carbonyl (C=O) groups is 4. The molecule has 0 aliphatic carbocycles. The summed E-state index contributed by atoms with van der Waals surface area (Å²) in [6, 6.07) is 17.1. The van der Waals surface area contributed by atoms with E-state index in [4.69, 9.17) is 0 Å². The second-order valence-electron chi connectivity index (χ2n) is 5.80. The van der Waals surface area contributed by atoms with Gasteiger partial charge in [0.1, 0.15) is 0 Å². The van der Waals surface area contributed by atoms with Crippen LogP contribution in [0.25, 0.3) is 0 Å². The van der Waals surface area contributed by atoms with E-state index < -0.39 is 0 Å². The van der Waals surface area contributed by atoms with Gasteiger partial charge in [-0.1, -0.05) is 36.4 Å². The maximum atomic E-state index is 11.8. The van der Waals surface area contributed by atoms with Crippen LogP contribution in [0, 0.1) is 0 Å². The zero-order chi connectivity index (χ0) is 20.2. The summed E-state index contributed by atoms with van der Waals surface area (Å²) in [5.41, 5.74) is 0.945. The topological polar surface area (TPSA) is 116 Å². The lowest BCUT2D eigenvalue weighted by molar-refractivity contribution is -0.121. The first kappa shape index (κ1) is 20.6. The number of nitrogens with one attached hydrogen (secondary N) is 4. The molecule has 0 radical (unpaired) electrons. The zero-order valence-electron chi connectivity index (χ0n) is 15.2. The highest BCUT2D eigenvalue weighted by Crippen LogP contribution is 1.97. The van der Waals surface area contributed by atoms with E-state index in [1.54, 1.807) is 60.7 Å². The van der Waals surface area contributed by atoms with Crippen LogP contribution in [0.5, 0.6) is 0 Å². The predicted octanol–water partition coefficient (Wildman–Crippen LogP) is 0.0788. The number of amides is 4. The third-order valence-corrected chi connectivity index (χ3v) is 3.66. The molecular formula is C20H22N4O4. The summed E-state index contributed by atoms with van der Waals surface area (Å²) in [5.74, 6) is -1.40. The summed E-state index contributed by atoms with van der Waals surface area (Å²) in [7, 11) is 0. The van der Waals surface area contributed by atoms with Gasteiger partial charge >= 0.3 is 0 Å². The van der Waals surface area contributed by atoms with E-state index in [9.17, 15) is 19.2 Å². The zero-order valence-corrected chi connectivity index (χ0v) is 15.2. The van der Waals surface area contributed by atoms with Crippen molar-refractivity contribution in [3.8, 4) is 0 Å². The molecule has 0 spiro atoms. The first-order valence-corrected chi connectivity index (χ1v) is 8.76. The summed E-state index contributed by atoms with van der Waals surface area (Å²) in [5, 5.41) is 10.2. The summed E-state index contributed by atoms with van der Waals surface area (Å²) < 4.78 is 0. The van der Waals surface area contributed by atoms with Gasteiger partial charge in [0, 0.05) is 24.2 Å². The van der Waals surface area contributed by atoms with Gasteiger partial charge in [0.15, 0.2) is 0 Å². The maximum absolute atomic E-state index is 11.8. The Hall–Kier alpha value is -3.68. The Morgan fingerprint density at radius 2 is 0.893 bits per heavy atom. The summed E-state index contributed by atoms with van der Waals surface area (Å²) in [4.78, 5) is 47.0. The van der Waals surface area contributed by atoms with E-state index in [1.807, 2.05) is 0 Å². The van der Waals surface area contributed by atoms with Gasteiger partial charge in [-0.05, 0) is 24.3 Å². The predicted molar refractivity (Wildman–Crippen MR) is 104 cm³/mol. The summed E-state index contributed by atoms with van der Waals surface area (Å²) in [6.45, 7) is 0.0977. The highest BCUT2D eigenvalue weighted by molar-refractivity contribution is 5.97. The van der Waals surface area contributed by atoms with E-state index in [1.165, 1.54) is 0 Å². The van der Waals surface area contributed by atoms with E-state index in [0.717, 1.165) is 0 Å². The third kappa shape index (κ3) is 7.28. The van der Waals surface area contributed by atoms with Gasteiger partial charge in [0.2, 0.25) is 11.8 Å². The minimum atomic E-state index is -0.365. The van der Waals surface area contributed by atoms with Gasteiger partial charge in [0.05, 0.1) is 13.1 Å². The quantitative estimate of drug-likeness (QED) is 0.460. The van der Waals surface area contributed by atoms with E-state index >= 15 is 0 Å². The van der Waals surface area contributed by atoms with Crippen LogP contribution < -0.4 is 21.3 Å². The van der Waals surface area contributed by atoms with Crippen molar-refractivity contribution in [2.45, 2.75) is 0 Å². The monoisotopic (exact) mass is 382 g/mol. The van der Waals surface area contributed by atoms with Gasteiger partial charge in [-0.2, -0.15) is 0 Å².